The molecule has 0 aliphatic carbocycles. The van der Waals surface area contributed by atoms with Gasteiger partial charge in [-0.25, -0.2) is 0 Å². The fraction of sp³-hybridized carbons (Fsp3) is 1.00. The first-order valence-electron chi connectivity index (χ1n) is 3.04. The van der Waals surface area contributed by atoms with Crippen molar-refractivity contribution in [2.24, 2.45) is 0 Å². The summed E-state index contributed by atoms with van der Waals surface area (Å²) in [7, 11) is 0. The Morgan fingerprint density at radius 3 is 2.90 bits per heavy atom. The molecule has 0 aromatic heterocycles. The van der Waals surface area contributed by atoms with Gasteiger partial charge in [-0.3, -0.25) is 0 Å². The van der Waals surface area contributed by atoms with Crippen LogP contribution in [-0.4, -0.2) is 10.3 Å². The normalized spacial score (nSPS) is 9.80. The molecule has 0 saturated heterocycles. The zero-order valence-corrected chi connectivity index (χ0v) is 7.35. The Morgan fingerprint density at radius 1 is 1.70 bits per heavy atom. The minimum absolute atomic E-state index is 0.488. The van der Waals surface area contributed by atoms with Crippen LogP contribution in [-0.2, 0) is 30.2 Å². The fourth-order valence-corrected chi connectivity index (χ4v) is 0.527. The second-order valence-electron chi connectivity index (χ2n) is 1.65. The summed E-state index contributed by atoms with van der Waals surface area (Å²) in [6.45, 7) is 2.51. The molecule has 0 fully saturated rings. The summed E-state index contributed by atoms with van der Waals surface area (Å²) >= 11 is -3.43. The van der Waals surface area contributed by atoms with Gasteiger partial charge in [0.2, 0.25) is 0 Å². The van der Waals surface area contributed by atoms with E-state index in [9.17, 15) is 3.32 Å². The van der Waals surface area contributed by atoms with Crippen molar-refractivity contribution in [1.82, 2.24) is 5.64 Å². The van der Waals surface area contributed by atoms with Gasteiger partial charge in [0.25, 0.3) is 0 Å². The molecule has 0 amide bonds. The second kappa shape index (κ2) is 7.46. The van der Waals surface area contributed by atoms with Crippen LogP contribution in [0.1, 0.15) is 19.8 Å². The third-order valence-corrected chi connectivity index (χ3v) is 1.19. The average Bonchev–Trinajstić information content (AvgIpc) is 1.87. The summed E-state index contributed by atoms with van der Waals surface area (Å²) in [6, 6.07) is 0. The SMILES string of the molecule is CCCCON[O][Ti](=[O])[OH]. The Labute approximate surface area is 66.3 Å². The van der Waals surface area contributed by atoms with Crippen molar-refractivity contribution in [3.8, 4) is 0 Å². The van der Waals surface area contributed by atoms with Crippen molar-refractivity contribution >= 4 is 0 Å². The van der Waals surface area contributed by atoms with Gasteiger partial charge >= 0.3 is 65.9 Å². The molecule has 10 heavy (non-hydrogen) atoms. The van der Waals surface area contributed by atoms with E-state index < -0.39 is 18.6 Å². The van der Waals surface area contributed by atoms with Gasteiger partial charge in [-0.1, -0.05) is 0 Å². The summed E-state index contributed by atoms with van der Waals surface area (Å²) in [5, 5.41) is 0. The Balaban J connectivity index is 2.84. The molecule has 0 radical (unpaired) electrons. The van der Waals surface area contributed by atoms with Crippen molar-refractivity contribution in [3.05, 3.63) is 0 Å². The van der Waals surface area contributed by atoms with E-state index in [4.69, 9.17) is 3.69 Å². The molecule has 0 atom stereocenters. The Morgan fingerprint density at radius 2 is 2.40 bits per heavy atom. The minimum atomic E-state index is -3.43. The molecule has 0 aliphatic rings. The number of unbranched alkanes of at least 4 members (excludes halogenated alkanes) is 1. The summed E-state index contributed by atoms with van der Waals surface area (Å²) in [6.07, 6.45) is 1.91. The number of rotatable bonds is 6. The predicted octanol–water partition coefficient (Wildman–Crippen LogP) is 0.0253. The van der Waals surface area contributed by atoms with E-state index in [2.05, 4.69) is 8.26 Å². The molecule has 0 unspecified atom stereocenters. The Kier molecular flexibility index (Phi) is 7.73. The third-order valence-electron chi connectivity index (χ3n) is 0.788. The van der Waals surface area contributed by atoms with Gasteiger partial charge in [-0.2, -0.15) is 0 Å². The monoisotopic (exact) mass is 185 g/mol. The molecule has 60 valence electrons. The summed E-state index contributed by atoms with van der Waals surface area (Å²) in [4.78, 5) is 4.59. The third kappa shape index (κ3) is 8.35. The van der Waals surface area contributed by atoms with E-state index in [1.54, 1.807) is 0 Å². The van der Waals surface area contributed by atoms with Gasteiger partial charge in [-0.05, 0) is 0 Å². The quantitative estimate of drug-likeness (QED) is 0.347. The first-order chi connectivity index (χ1) is 4.77. The van der Waals surface area contributed by atoms with Gasteiger partial charge in [0.15, 0.2) is 0 Å². The molecule has 0 rings (SSSR count). The van der Waals surface area contributed by atoms with Gasteiger partial charge in [0.1, 0.15) is 0 Å². The summed E-state index contributed by atoms with van der Waals surface area (Å²) < 4.78 is 22.2. The average molecular weight is 185 g/mol. The van der Waals surface area contributed by atoms with Crippen molar-refractivity contribution in [3.63, 3.8) is 0 Å². The van der Waals surface area contributed by atoms with Crippen LogP contribution in [0.15, 0.2) is 0 Å². The topological polar surface area (TPSA) is 67.8 Å². The van der Waals surface area contributed by atoms with Crippen LogP contribution in [0.3, 0.4) is 0 Å². The molecule has 0 spiro atoms. The van der Waals surface area contributed by atoms with Gasteiger partial charge < -0.3 is 0 Å². The van der Waals surface area contributed by atoms with Crippen LogP contribution in [0.4, 0.5) is 0 Å². The first-order valence-corrected chi connectivity index (χ1v) is 5.01. The van der Waals surface area contributed by atoms with E-state index in [-0.39, 0.29) is 0 Å². The maximum atomic E-state index is 9.92. The van der Waals surface area contributed by atoms with Crippen molar-refractivity contribution < 1.29 is 33.9 Å². The van der Waals surface area contributed by atoms with Crippen molar-refractivity contribution in [1.29, 1.82) is 0 Å². The van der Waals surface area contributed by atoms with Crippen LogP contribution < -0.4 is 5.64 Å². The molecule has 0 aromatic carbocycles. The predicted molar refractivity (Wildman–Crippen MR) is 28.0 cm³/mol. The van der Waals surface area contributed by atoms with E-state index in [0.717, 1.165) is 12.8 Å². The molecule has 6 heteroatoms. The standard InChI is InChI=1S/C4H10NO2.H2O.O.Ti/c1-2-3-4-7-5-6;;;/h5H,2-4H2,1H3;1H2;;/q-1;;;+2/p-1. The van der Waals surface area contributed by atoms with Crippen LogP contribution in [0.25, 0.3) is 0 Å². The molecular weight excluding hydrogens is 174 g/mol. The number of nitrogens with one attached hydrogen (secondary N) is 1. The van der Waals surface area contributed by atoms with Gasteiger partial charge in [-0.15, -0.1) is 0 Å². The summed E-state index contributed by atoms with van der Waals surface area (Å²) in [5.74, 6) is 0. The Bertz CT molecular complexity index is 99.3. The molecule has 5 nitrogen and oxygen atoms in total. The molecule has 2 N–H and O–H groups in total. The van der Waals surface area contributed by atoms with Gasteiger partial charge in [0, 0.05) is 0 Å². The van der Waals surface area contributed by atoms with E-state index in [0.29, 0.717) is 6.61 Å². The maximum absolute atomic E-state index is 9.92. The molecule has 0 aromatic rings. The zero-order valence-electron chi connectivity index (χ0n) is 5.79. The van der Waals surface area contributed by atoms with E-state index in [1.807, 2.05) is 12.6 Å². The van der Waals surface area contributed by atoms with E-state index in [1.165, 1.54) is 0 Å². The fourth-order valence-electron chi connectivity index (χ4n) is 0.323. The molecule has 0 saturated carbocycles. The Hall–Kier alpha value is 0.354. The molecular formula is C4H11NO4Ti. The van der Waals surface area contributed by atoms with E-state index >= 15 is 0 Å². The second-order valence-corrected chi connectivity index (χ2v) is 2.80. The zero-order chi connectivity index (χ0) is 7.82. The summed E-state index contributed by atoms with van der Waals surface area (Å²) in [5.41, 5.74) is 1.93. The van der Waals surface area contributed by atoms with Crippen LogP contribution >= 0.6 is 0 Å². The number of hydrogen-bond acceptors (Lipinski definition) is 4. The number of hydrogen-bond donors (Lipinski definition) is 2. The van der Waals surface area contributed by atoms with Crippen LogP contribution in [0.5, 0.6) is 0 Å². The molecule has 0 bridgehead atoms. The van der Waals surface area contributed by atoms with Crippen molar-refractivity contribution in [2.45, 2.75) is 19.8 Å². The van der Waals surface area contributed by atoms with Crippen molar-refractivity contribution in [2.75, 3.05) is 6.61 Å². The van der Waals surface area contributed by atoms with Gasteiger partial charge in [0.05, 0.1) is 0 Å². The molecule has 0 aliphatic heterocycles. The molecule has 0 heterocycles. The van der Waals surface area contributed by atoms with Crippen LogP contribution in [0, 0.1) is 0 Å². The van der Waals surface area contributed by atoms with Crippen LogP contribution in [0.2, 0.25) is 0 Å². The first kappa shape index (κ1) is 10.4.